The van der Waals surface area contributed by atoms with E-state index in [4.69, 9.17) is 4.74 Å². The van der Waals surface area contributed by atoms with Crippen molar-refractivity contribution in [3.05, 3.63) is 30.4 Å². The number of pyridine rings is 1. The van der Waals surface area contributed by atoms with E-state index in [-0.39, 0.29) is 0 Å². The van der Waals surface area contributed by atoms with Crippen molar-refractivity contribution in [1.82, 2.24) is 29.5 Å². The summed E-state index contributed by atoms with van der Waals surface area (Å²) in [5, 5.41) is 4.31. The summed E-state index contributed by atoms with van der Waals surface area (Å²) in [7, 11) is 0. The normalized spacial score (nSPS) is 18.4. The molecule has 1 spiro atoms. The van der Waals surface area contributed by atoms with Crippen LogP contribution in [0.4, 0.5) is 14.7 Å². The number of aromatic nitrogens is 6. The van der Waals surface area contributed by atoms with Crippen molar-refractivity contribution in [2.45, 2.75) is 51.6 Å². The second kappa shape index (κ2) is 7.72. The van der Waals surface area contributed by atoms with Crippen LogP contribution in [0, 0.1) is 12.3 Å². The summed E-state index contributed by atoms with van der Waals surface area (Å²) in [5.74, 6) is 1.13. The van der Waals surface area contributed by atoms with Crippen LogP contribution >= 0.6 is 0 Å². The number of alkyl halides is 2. The Morgan fingerprint density at radius 1 is 1.21 bits per heavy atom. The van der Waals surface area contributed by atoms with Crippen LogP contribution in [0.25, 0.3) is 33.5 Å². The number of aromatic amines is 1. The van der Waals surface area contributed by atoms with E-state index in [2.05, 4.69) is 30.2 Å². The van der Waals surface area contributed by atoms with Crippen LogP contribution in [0.2, 0.25) is 0 Å². The van der Waals surface area contributed by atoms with Gasteiger partial charge in [-0.15, -0.1) is 0 Å². The molecule has 0 bridgehead atoms. The number of nitrogens with one attached hydrogen (secondary N) is 2. The number of ether oxygens (including phenoxy) is 1. The first-order valence-corrected chi connectivity index (χ1v) is 11.3. The highest BCUT2D eigenvalue weighted by Crippen LogP contribution is 2.42. The molecule has 8 nitrogen and oxygen atoms in total. The summed E-state index contributed by atoms with van der Waals surface area (Å²) in [4.78, 5) is 21.4. The molecule has 0 amide bonds. The molecule has 10 heteroatoms. The lowest BCUT2D eigenvalue weighted by molar-refractivity contribution is -0.131. The number of aryl methyl sites for hydroxylation is 1. The van der Waals surface area contributed by atoms with Gasteiger partial charge in [0.05, 0.1) is 25.5 Å². The number of fused-ring (bicyclic) bond motifs is 2. The first-order valence-electron chi connectivity index (χ1n) is 11.3. The fraction of sp³-hybridized carbons (Fsp3) is 0.478. The third-order valence-electron chi connectivity index (χ3n) is 7.01. The number of H-pyrrole nitrogens is 1. The minimum atomic E-state index is -2.48. The van der Waals surface area contributed by atoms with Crippen molar-refractivity contribution in [2.75, 3.05) is 18.5 Å². The third kappa shape index (κ3) is 3.62. The maximum atomic E-state index is 13.0. The number of nitrogens with zero attached hydrogens (tertiary/aromatic N) is 5. The Morgan fingerprint density at radius 3 is 2.76 bits per heavy atom. The summed E-state index contributed by atoms with van der Waals surface area (Å²) in [6, 6.07) is 4.02. The molecule has 4 aromatic rings. The van der Waals surface area contributed by atoms with Crippen molar-refractivity contribution >= 4 is 28.1 Å². The highest BCUT2D eigenvalue weighted by Gasteiger charge is 2.41. The molecule has 2 fully saturated rings. The smallest absolute Gasteiger partial charge is 0.256 e. The zero-order valence-electron chi connectivity index (χ0n) is 18.3. The predicted molar refractivity (Wildman–Crippen MR) is 120 cm³/mol. The lowest BCUT2D eigenvalue weighted by Crippen LogP contribution is -2.47. The fourth-order valence-electron chi connectivity index (χ4n) is 5.05. The minimum Gasteiger partial charge on any atom is -0.380 e. The molecule has 0 aromatic carbocycles. The molecule has 0 radical (unpaired) electrons. The van der Waals surface area contributed by atoms with Gasteiger partial charge in [-0.05, 0) is 44.7 Å². The van der Waals surface area contributed by atoms with Gasteiger partial charge >= 0.3 is 0 Å². The van der Waals surface area contributed by atoms with Crippen LogP contribution in [0.1, 0.15) is 31.5 Å². The van der Waals surface area contributed by atoms with Crippen LogP contribution in [-0.4, -0.2) is 55.2 Å². The number of hydrogen-bond acceptors (Lipinski definition) is 6. The van der Waals surface area contributed by atoms with Crippen molar-refractivity contribution in [2.24, 2.45) is 5.41 Å². The summed E-state index contributed by atoms with van der Waals surface area (Å²) in [6.07, 6.45) is 5.68. The van der Waals surface area contributed by atoms with Gasteiger partial charge in [0.1, 0.15) is 17.0 Å². The molecule has 2 N–H and O–H groups in total. The van der Waals surface area contributed by atoms with E-state index in [1.807, 2.05) is 18.3 Å². The maximum absolute atomic E-state index is 13.0. The van der Waals surface area contributed by atoms with Crippen LogP contribution in [0.3, 0.4) is 0 Å². The van der Waals surface area contributed by atoms with E-state index < -0.39 is 13.0 Å². The van der Waals surface area contributed by atoms with Crippen LogP contribution in [-0.2, 0) is 11.3 Å². The Kier molecular flexibility index (Phi) is 4.79. The Labute approximate surface area is 188 Å². The Morgan fingerprint density at radius 2 is 2.03 bits per heavy atom. The zero-order valence-corrected chi connectivity index (χ0v) is 18.3. The van der Waals surface area contributed by atoms with Gasteiger partial charge in [0.25, 0.3) is 6.43 Å². The molecular formula is C23H25F2N7O. The molecule has 0 unspecified atom stereocenters. The number of imidazole rings is 1. The molecule has 2 aliphatic rings. The second-order valence-corrected chi connectivity index (χ2v) is 9.27. The average molecular weight is 453 g/mol. The average Bonchev–Trinajstić information content (AvgIpc) is 3.33. The van der Waals surface area contributed by atoms with Gasteiger partial charge in [-0.2, -0.15) is 4.98 Å². The Hall–Kier alpha value is -3.14. The van der Waals surface area contributed by atoms with Gasteiger partial charge < -0.3 is 19.6 Å². The van der Waals surface area contributed by atoms with Crippen molar-refractivity contribution in [1.29, 1.82) is 0 Å². The molecule has 1 saturated heterocycles. The van der Waals surface area contributed by atoms with Crippen molar-refractivity contribution < 1.29 is 13.5 Å². The van der Waals surface area contributed by atoms with Crippen LogP contribution in [0.5, 0.6) is 0 Å². The van der Waals surface area contributed by atoms with Gasteiger partial charge in [-0.3, -0.25) is 0 Å². The Balaban J connectivity index is 1.26. The molecule has 172 valence electrons. The van der Waals surface area contributed by atoms with Crippen LogP contribution < -0.4 is 5.32 Å². The predicted octanol–water partition coefficient (Wildman–Crippen LogP) is 4.31. The van der Waals surface area contributed by atoms with E-state index in [1.165, 1.54) is 17.4 Å². The third-order valence-corrected chi connectivity index (χ3v) is 7.01. The topological polar surface area (TPSA) is 93.5 Å². The first-order chi connectivity index (χ1) is 16.0. The molecule has 33 heavy (non-hydrogen) atoms. The maximum Gasteiger partial charge on any atom is 0.256 e. The first kappa shape index (κ1) is 20.5. The molecule has 0 atom stereocenters. The lowest BCUT2D eigenvalue weighted by atomic mass is 9.71. The van der Waals surface area contributed by atoms with E-state index >= 15 is 0 Å². The van der Waals surface area contributed by atoms with Crippen molar-refractivity contribution in [3.63, 3.8) is 0 Å². The lowest BCUT2D eigenvalue weighted by Gasteiger charge is -2.46. The zero-order chi connectivity index (χ0) is 22.6. The largest absolute Gasteiger partial charge is 0.380 e. The SMILES string of the molecule is Cc1nc2ccc(-c3c[nH]c4nc(NC5CCC6(CC5)COC6)ncc34)nc2n1CC(F)F. The van der Waals surface area contributed by atoms with E-state index in [0.717, 1.165) is 37.0 Å². The molecule has 5 heterocycles. The number of halogens is 2. The second-order valence-electron chi connectivity index (χ2n) is 9.27. The fourth-order valence-corrected chi connectivity index (χ4v) is 5.05. The molecular weight excluding hydrogens is 428 g/mol. The highest BCUT2D eigenvalue weighted by molar-refractivity contribution is 5.93. The molecule has 6 rings (SSSR count). The Bertz CT molecular complexity index is 1320. The summed E-state index contributed by atoms with van der Waals surface area (Å²) >= 11 is 0. The monoisotopic (exact) mass is 453 g/mol. The molecule has 1 aliphatic carbocycles. The van der Waals surface area contributed by atoms with Gasteiger partial charge in [-0.25, -0.2) is 23.7 Å². The van der Waals surface area contributed by atoms with Gasteiger partial charge in [0.2, 0.25) is 5.95 Å². The minimum absolute atomic E-state index is 0.366. The molecule has 1 saturated carbocycles. The van der Waals surface area contributed by atoms with Gasteiger partial charge in [0.15, 0.2) is 5.65 Å². The standard InChI is InChI=1S/C23H25F2N7O/c1-13-28-18-3-2-17(30-21(18)32(13)10-19(24)25)15-8-26-20-16(15)9-27-22(31-20)29-14-4-6-23(7-5-14)11-33-12-23/h2-3,8-9,14,19H,4-7,10-12H2,1H3,(H2,26,27,29,31). The van der Waals surface area contributed by atoms with Gasteiger partial charge in [0, 0.05) is 34.8 Å². The summed E-state index contributed by atoms with van der Waals surface area (Å²) < 4.78 is 33.0. The molecule has 4 aromatic heterocycles. The van der Waals surface area contributed by atoms with Crippen molar-refractivity contribution in [3.8, 4) is 11.3 Å². The highest BCUT2D eigenvalue weighted by atomic mass is 19.3. The number of hydrogen-bond donors (Lipinski definition) is 2. The van der Waals surface area contributed by atoms with E-state index in [1.54, 1.807) is 13.1 Å². The number of anilines is 1. The van der Waals surface area contributed by atoms with Crippen LogP contribution in [0.15, 0.2) is 24.5 Å². The number of rotatable bonds is 5. The van der Waals surface area contributed by atoms with E-state index in [9.17, 15) is 8.78 Å². The quantitative estimate of drug-likeness (QED) is 0.468. The summed E-state index contributed by atoms with van der Waals surface area (Å²) in [6.45, 7) is 3.08. The van der Waals surface area contributed by atoms with Gasteiger partial charge in [-0.1, -0.05) is 0 Å². The molecule has 1 aliphatic heterocycles. The van der Waals surface area contributed by atoms with E-state index in [0.29, 0.717) is 45.7 Å². The summed E-state index contributed by atoms with van der Waals surface area (Å²) in [5.41, 5.74) is 3.66.